The van der Waals surface area contributed by atoms with Crippen molar-refractivity contribution in [1.29, 1.82) is 0 Å². The van der Waals surface area contributed by atoms with Crippen LogP contribution in [0.15, 0.2) is 26.8 Å². The Morgan fingerprint density at radius 1 is 0.920 bits per heavy atom. The molecule has 0 radical (unpaired) electrons. The molecule has 1 aromatic rings. The van der Waals surface area contributed by atoms with E-state index in [1.165, 1.54) is 0 Å². The maximum Gasteiger partial charge on any atom is 0.469 e. The van der Waals surface area contributed by atoms with E-state index in [1.54, 1.807) is 0 Å². The maximum absolute atomic E-state index is 12.1. The number of nitrogen functional groups attached to an aromatic ring is 1. The summed E-state index contributed by atoms with van der Waals surface area (Å²) in [6, 6.07) is 0.496. The summed E-state index contributed by atoms with van der Waals surface area (Å²) in [6.07, 6.45) is 0. The van der Waals surface area contributed by atoms with E-state index in [9.17, 15) is 29.8 Å². The van der Waals surface area contributed by atoms with E-state index < -0.39 is 70.6 Å². The van der Waals surface area contributed by atoms with Crippen LogP contribution in [0.3, 0.4) is 0 Å². The first-order chi connectivity index (χ1) is 11.0. The number of rotatable bonds is 7. The molecule has 0 spiro atoms. The molecule has 0 amide bonds. The van der Waals surface area contributed by atoms with E-state index in [0.29, 0.717) is 6.07 Å². The summed E-state index contributed by atoms with van der Waals surface area (Å²) >= 11 is 0. The van der Waals surface area contributed by atoms with Crippen molar-refractivity contribution in [2.75, 3.05) is 18.1 Å². The predicted molar refractivity (Wildman–Crippen MR) is 80.5 cm³/mol. The van der Waals surface area contributed by atoms with Crippen LogP contribution in [0, 0.1) is 0 Å². The molecule has 6 N–H and O–H groups in total. The molecule has 1 aromatic carbocycles. The van der Waals surface area contributed by atoms with Gasteiger partial charge in [-0.2, -0.15) is 16.8 Å². The average molecular weight is 441 g/mol. The van der Waals surface area contributed by atoms with Gasteiger partial charge in [0, 0.05) is 0 Å². The lowest BCUT2D eigenvalue weighted by atomic mass is 10.3. The Kier molecular flexibility index (Phi) is 6.05. The van der Waals surface area contributed by atoms with Crippen molar-refractivity contribution in [3.8, 4) is 0 Å². The van der Waals surface area contributed by atoms with E-state index in [-0.39, 0.29) is 6.07 Å². The van der Waals surface area contributed by atoms with Crippen molar-refractivity contribution in [2.24, 2.45) is 0 Å². The second-order valence-corrected chi connectivity index (χ2v) is 10.5. The molecule has 0 bridgehead atoms. The van der Waals surface area contributed by atoms with Gasteiger partial charge in [0.15, 0.2) is 9.84 Å². The largest absolute Gasteiger partial charge is 0.469 e. The van der Waals surface area contributed by atoms with Gasteiger partial charge >= 0.3 is 7.82 Å². The normalized spacial score (nSPS) is 13.8. The van der Waals surface area contributed by atoms with Crippen molar-refractivity contribution in [1.82, 2.24) is 0 Å². The molecule has 0 aliphatic heterocycles. The number of anilines is 1. The van der Waals surface area contributed by atoms with Gasteiger partial charge in [-0.15, -0.1) is 0 Å². The SMILES string of the molecule is Nc1cc(S(=O)(=O)CCOP(=O)(O)O)c(S(=O)(=O)O)cc1S(=O)(=O)O. The van der Waals surface area contributed by atoms with Crippen LogP contribution in [0.4, 0.5) is 5.69 Å². The highest BCUT2D eigenvalue weighted by molar-refractivity contribution is 7.92. The number of phosphoric acid groups is 1. The van der Waals surface area contributed by atoms with Gasteiger partial charge in [0.1, 0.15) is 9.79 Å². The molecule has 0 saturated heterocycles. The Bertz CT molecular complexity index is 1040. The molecule has 0 heterocycles. The van der Waals surface area contributed by atoms with Gasteiger partial charge in [0.2, 0.25) is 0 Å². The molecular formula is C8H12NO12PS3. The molecular weight excluding hydrogens is 429 g/mol. The molecule has 13 nitrogen and oxygen atoms in total. The molecule has 0 saturated carbocycles. The summed E-state index contributed by atoms with van der Waals surface area (Å²) in [6.45, 7) is -1.04. The van der Waals surface area contributed by atoms with Gasteiger partial charge in [0.05, 0.1) is 22.9 Å². The molecule has 0 aliphatic carbocycles. The summed E-state index contributed by atoms with van der Waals surface area (Å²) in [7, 11) is -20.0. The minimum atomic E-state index is -5.27. The van der Waals surface area contributed by atoms with Crippen LogP contribution in [0.25, 0.3) is 0 Å². The zero-order valence-corrected chi connectivity index (χ0v) is 15.2. The van der Waals surface area contributed by atoms with Gasteiger partial charge in [-0.3, -0.25) is 13.6 Å². The number of hydrogen-bond donors (Lipinski definition) is 5. The Morgan fingerprint density at radius 2 is 1.40 bits per heavy atom. The van der Waals surface area contributed by atoms with Crippen molar-refractivity contribution in [3.63, 3.8) is 0 Å². The minimum Gasteiger partial charge on any atom is -0.398 e. The zero-order valence-electron chi connectivity index (χ0n) is 11.9. The average Bonchev–Trinajstić information content (AvgIpc) is 2.33. The van der Waals surface area contributed by atoms with Gasteiger partial charge in [-0.25, -0.2) is 13.0 Å². The molecule has 0 aliphatic rings. The molecule has 0 aromatic heterocycles. The number of sulfone groups is 1. The predicted octanol–water partition coefficient (Wildman–Crippen LogP) is -1.35. The summed E-state index contributed by atoms with van der Waals surface area (Å²) < 4.78 is 102. The first kappa shape index (κ1) is 21.9. The zero-order chi connectivity index (χ0) is 19.8. The Morgan fingerprint density at radius 3 is 1.80 bits per heavy atom. The molecule has 0 unspecified atom stereocenters. The van der Waals surface area contributed by atoms with Crippen molar-refractivity contribution < 1.29 is 53.2 Å². The van der Waals surface area contributed by atoms with Crippen molar-refractivity contribution in [2.45, 2.75) is 14.7 Å². The number of nitrogens with two attached hydrogens (primary N) is 1. The summed E-state index contributed by atoms with van der Waals surface area (Å²) in [5, 5.41) is 0. The van der Waals surface area contributed by atoms with Crippen molar-refractivity contribution in [3.05, 3.63) is 12.1 Å². The van der Waals surface area contributed by atoms with Crippen LogP contribution in [-0.2, 0) is 39.2 Å². The van der Waals surface area contributed by atoms with E-state index in [1.807, 2.05) is 0 Å². The van der Waals surface area contributed by atoms with Crippen LogP contribution < -0.4 is 5.73 Å². The molecule has 0 fully saturated rings. The number of hydrogen-bond acceptors (Lipinski definition) is 9. The number of benzene rings is 1. The molecule has 0 atom stereocenters. The lowest BCUT2D eigenvalue weighted by molar-refractivity contribution is 0.207. The van der Waals surface area contributed by atoms with Gasteiger partial charge in [-0.1, -0.05) is 0 Å². The van der Waals surface area contributed by atoms with Gasteiger partial charge in [-0.05, 0) is 12.1 Å². The molecule has 25 heavy (non-hydrogen) atoms. The Balaban J connectivity index is 3.54. The van der Waals surface area contributed by atoms with Crippen LogP contribution >= 0.6 is 7.82 Å². The van der Waals surface area contributed by atoms with E-state index in [0.717, 1.165) is 0 Å². The first-order valence-corrected chi connectivity index (χ1v) is 11.8. The van der Waals surface area contributed by atoms with E-state index in [2.05, 4.69) is 4.52 Å². The third-order valence-corrected chi connectivity index (χ3v) is 6.74. The fourth-order valence-electron chi connectivity index (χ4n) is 1.60. The lowest BCUT2D eigenvalue weighted by Crippen LogP contribution is -2.17. The second-order valence-electron chi connectivity index (χ2n) is 4.43. The maximum atomic E-state index is 12.1. The fraction of sp³-hybridized carbons (Fsp3) is 0.250. The fourth-order valence-corrected chi connectivity index (χ4v) is 5.22. The molecule has 1 rings (SSSR count). The van der Waals surface area contributed by atoms with Crippen LogP contribution in [0.5, 0.6) is 0 Å². The highest BCUT2D eigenvalue weighted by Gasteiger charge is 2.30. The third-order valence-electron chi connectivity index (χ3n) is 2.58. The molecule has 17 heteroatoms. The van der Waals surface area contributed by atoms with Crippen LogP contribution in [-0.4, -0.2) is 56.5 Å². The third kappa shape index (κ3) is 5.98. The van der Waals surface area contributed by atoms with Gasteiger partial charge in [0.25, 0.3) is 20.2 Å². The van der Waals surface area contributed by atoms with E-state index in [4.69, 9.17) is 24.6 Å². The Hall–Kier alpha value is -1.10. The monoisotopic (exact) mass is 441 g/mol. The van der Waals surface area contributed by atoms with Crippen molar-refractivity contribution >= 4 is 43.6 Å². The first-order valence-electron chi connectivity index (χ1n) is 5.76. The topological polar surface area (TPSA) is 236 Å². The number of phosphoric ester groups is 1. The second kappa shape index (κ2) is 6.90. The van der Waals surface area contributed by atoms with Crippen LogP contribution in [0.1, 0.15) is 0 Å². The Labute approximate surface area is 142 Å². The summed E-state index contributed by atoms with van der Waals surface area (Å²) in [5.74, 6) is -1.13. The highest BCUT2D eigenvalue weighted by Crippen LogP contribution is 2.36. The van der Waals surface area contributed by atoms with Gasteiger partial charge < -0.3 is 15.5 Å². The quantitative estimate of drug-likeness (QED) is 0.187. The highest BCUT2D eigenvalue weighted by atomic mass is 32.2. The standard InChI is InChI=1S/C8H12NO12PS3/c9-5-3-7(23(13,14)2-1-21-22(10,11)12)8(25(18,19)20)4-6(5)24(15,16)17/h3-4H,1-2,9H2,(H2,10,11,12)(H,15,16,17)(H,18,19,20). The molecule has 144 valence electrons. The summed E-state index contributed by atoms with van der Waals surface area (Å²) in [4.78, 5) is 13.3. The van der Waals surface area contributed by atoms with Crippen LogP contribution in [0.2, 0.25) is 0 Å². The lowest BCUT2D eigenvalue weighted by Gasteiger charge is -2.12. The minimum absolute atomic E-state index is 0.136. The van der Waals surface area contributed by atoms with E-state index >= 15 is 0 Å². The summed E-state index contributed by atoms with van der Waals surface area (Å²) in [5.41, 5.74) is 4.44. The smallest absolute Gasteiger partial charge is 0.398 e.